The Labute approximate surface area is 119 Å². The summed E-state index contributed by atoms with van der Waals surface area (Å²) in [5.41, 5.74) is 0. The Morgan fingerprint density at radius 3 is 2.89 bits per heavy atom. The summed E-state index contributed by atoms with van der Waals surface area (Å²) < 4.78 is 27.2. The zero-order chi connectivity index (χ0) is 12.3. The summed E-state index contributed by atoms with van der Waals surface area (Å²) in [6.07, 6.45) is 2.21. The molecule has 2 unspecified atom stereocenters. The smallest absolute Gasteiger partial charge is 0.250 e. The molecule has 4 nitrogen and oxygen atoms in total. The zero-order valence-electron chi connectivity index (χ0n) is 10.3. The molecule has 2 atom stereocenters. The lowest BCUT2D eigenvalue weighted by Crippen LogP contribution is -2.44. The molecule has 0 amide bonds. The number of rotatable bonds is 4. The molecule has 2 heterocycles. The van der Waals surface area contributed by atoms with Crippen LogP contribution in [0.1, 0.15) is 19.8 Å². The Morgan fingerprint density at radius 1 is 1.56 bits per heavy atom. The van der Waals surface area contributed by atoms with Gasteiger partial charge in [0.1, 0.15) is 4.21 Å². The van der Waals surface area contributed by atoms with Crippen molar-refractivity contribution in [1.82, 2.24) is 10.0 Å². The maximum absolute atomic E-state index is 12.0. The molecule has 1 fully saturated rings. The van der Waals surface area contributed by atoms with Gasteiger partial charge >= 0.3 is 0 Å². The predicted molar refractivity (Wildman–Crippen MR) is 76.9 cm³/mol. The van der Waals surface area contributed by atoms with E-state index in [0.29, 0.717) is 10.1 Å². The van der Waals surface area contributed by atoms with Gasteiger partial charge in [-0.05, 0) is 50.2 Å². The first kappa shape index (κ1) is 15.9. The molecule has 1 aliphatic heterocycles. The number of hydrogen-bond acceptors (Lipinski definition) is 4. The Morgan fingerprint density at radius 2 is 2.33 bits per heavy atom. The van der Waals surface area contributed by atoms with Gasteiger partial charge in [-0.2, -0.15) is 0 Å². The van der Waals surface area contributed by atoms with Crippen molar-refractivity contribution in [3.8, 4) is 0 Å². The fourth-order valence-corrected chi connectivity index (χ4v) is 4.44. The molecule has 2 N–H and O–H groups in total. The maximum atomic E-state index is 12.0. The van der Waals surface area contributed by atoms with E-state index in [2.05, 4.69) is 10.0 Å². The molecule has 7 heteroatoms. The second kappa shape index (κ2) is 6.86. The lowest BCUT2D eigenvalue weighted by Gasteiger charge is -2.28. The van der Waals surface area contributed by atoms with E-state index in [-0.39, 0.29) is 18.4 Å². The predicted octanol–water partition coefficient (Wildman–Crippen LogP) is 1.84. The van der Waals surface area contributed by atoms with E-state index in [1.54, 1.807) is 17.5 Å². The van der Waals surface area contributed by atoms with Crippen molar-refractivity contribution >= 4 is 33.8 Å². The van der Waals surface area contributed by atoms with Crippen molar-refractivity contribution in [3.63, 3.8) is 0 Å². The summed E-state index contributed by atoms with van der Waals surface area (Å²) in [7, 11) is -3.32. The van der Waals surface area contributed by atoms with Crippen molar-refractivity contribution in [3.05, 3.63) is 17.5 Å². The molecular formula is C11H19ClN2O2S2. The van der Waals surface area contributed by atoms with E-state index in [1.165, 1.54) is 11.3 Å². The third-order valence-corrected chi connectivity index (χ3v) is 6.10. The molecule has 0 saturated carbocycles. The van der Waals surface area contributed by atoms with Gasteiger partial charge in [-0.25, -0.2) is 13.1 Å². The van der Waals surface area contributed by atoms with Gasteiger partial charge in [0.05, 0.1) is 0 Å². The van der Waals surface area contributed by atoms with Crippen LogP contribution in [0, 0.1) is 5.92 Å². The van der Waals surface area contributed by atoms with E-state index >= 15 is 0 Å². The summed E-state index contributed by atoms with van der Waals surface area (Å²) in [6, 6.07) is 3.38. The summed E-state index contributed by atoms with van der Waals surface area (Å²) in [6.45, 7) is 3.89. The molecule has 0 aliphatic carbocycles. The van der Waals surface area contributed by atoms with Crippen LogP contribution >= 0.6 is 23.7 Å². The van der Waals surface area contributed by atoms with Crippen LogP contribution in [0.5, 0.6) is 0 Å². The monoisotopic (exact) mass is 310 g/mol. The van der Waals surface area contributed by atoms with Crippen molar-refractivity contribution in [2.45, 2.75) is 30.0 Å². The van der Waals surface area contributed by atoms with Crippen LogP contribution in [0.25, 0.3) is 0 Å². The molecule has 1 aliphatic rings. The van der Waals surface area contributed by atoms with Crippen LogP contribution in [0.4, 0.5) is 0 Å². The van der Waals surface area contributed by atoms with Gasteiger partial charge in [-0.1, -0.05) is 6.07 Å². The molecule has 0 radical (unpaired) electrons. The summed E-state index contributed by atoms with van der Waals surface area (Å²) >= 11 is 1.25. The van der Waals surface area contributed by atoms with Crippen molar-refractivity contribution in [1.29, 1.82) is 0 Å². The van der Waals surface area contributed by atoms with Gasteiger partial charge < -0.3 is 5.32 Å². The quantitative estimate of drug-likeness (QED) is 0.892. The Hall–Kier alpha value is -0.140. The van der Waals surface area contributed by atoms with Crippen LogP contribution in [0.15, 0.2) is 21.7 Å². The minimum absolute atomic E-state index is 0. The van der Waals surface area contributed by atoms with Gasteiger partial charge in [0.15, 0.2) is 0 Å². The average molecular weight is 311 g/mol. The van der Waals surface area contributed by atoms with Crippen LogP contribution in [0.2, 0.25) is 0 Å². The van der Waals surface area contributed by atoms with E-state index in [0.717, 1.165) is 25.9 Å². The molecule has 1 aromatic heterocycles. The molecule has 1 saturated heterocycles. The van der Waals surface area contributed by atoms with Gasteiger partial charge in [-0.15, -0.1) is 23.7 Å². The number of hydrogen-bond donors (Lipinski definition) is 2. The molecule has 1 aromatic rings. The number of sulfonamides is 1. The molecule has 0 aromatic carbocycles. The third-order valence-electron chi connectivity index (χ3n) is 3.14. The standard InChI is InChI=1S/C11H18N2O2S2.ClH/c1-9(10-4-2-6-12-8-10)13-17(14,15)11-5-3-7-16-11;/h3,5,7,9-10,12-13H,2,4,6,8H2,1H3;1H. The van der Waals surface area contributed by atoms with Crippen molar-refractivity contribution < 1.29 is 8.42 Å². The largest absolute Gasteiger partial charge is 0.316 e. The first-order chi connectivity index (χ1) is 8.09. The van der Waals surface area contributed by atoms with Gasteiger partial charge in [0.25, 0.3) is 0 Å². The van der Waals surface area contributed by atoms with Crippen LogP contribution in [-0.4, -0.2) is 27.5 Å². The van der Waals surface area contributed by atoms with E-state index in [4.69, 9.17) is 0 Å². The van der Waals surface area contributed by atoms with Gasteiger partial charge in [0, 0.05) is 6.04 Å². The fourth-order valence-electron chi connectivity index (χ4n) is 2.12. The number of thiophene rings is 1. The molecule has 0 bridgehead atoms. The van der Waals surface area contributed by atoms with Gasteiger partial charge in [0.2, 0.25) is 10.0 Å². The molecule has 104 valence electrons. The average Bonchev–Trinajstić information content (AvgIpc) is 2.84. The second-order valence-electron chi connectivity index (χ2n) is 4.45. The number of nitrogens with one attached hydrogen (secondary N) is 2. The number of halogens is 1. The topological polar surface area (TPSA) is 58.2 Å². The second-order valence-corrected chi connectivity index (χ2v) is 7.34. The summed E-state index contributed by atoms with van der Waals surface area (Å²) in [5.74, 6) is 0.387. The van der Waals surface area contributed by atoms with Crippen LogP contribution in [0.3, 0.4) is 0 Å². The highest BCUT2D eigenvalue weighted by atomic mass is 35.5. The van der Waals surface area contributed by atoms with Crippen molar-refractivity contribution in [2.24, 2.45) is 5.92 Å². The van der Waals surface area contributed by atoms with Crippen LogP contribution < -0.4 is 10.0 Å². The highest BCUT2D eigenvalue weighted by Crippen LogP contribution is 2.19. The Kier molecular flexibility index (Phi) is 6.07. The molecule has 0 spiro atoms. The molecule has 2 rings (SSSR count). The number of piperidine rings is 1. The van der Waals surface area contributed by atoms with Crippen molar-refractivity contribution in [2.75, 3.05) is 13.1 Å². The maximum Gasteiger partial charge on any atom is 0.250 e. The van der Waals surface area contributed by atoms with E-state index in [9.17, 15) is 8.42 Å². The zero-order valence-corrected chi connectivity index (χ0v) is 12.7. The SMILES string of the molecule is CC(NS(=O)(=O)c1cccs1)C1CCCNC1.Cl. The third kappa shape index (κ3) is 3.93. The van der Waals surface area contributed by atoms with Crippen LogP contribution in [-0.2, 0) is 10.0 Å². The summed E-state index contributed by atoms with van der Waals surface area (Å²) in [4.78, 5) is 0. The molecular weight excluding hydrogens is 292 g/mol. The lowest BCUT2D eigenvalue weighted by atomic mass is 9.94. The first-order valence-corrected chi connectivity index (χ1v) is 8.22. The lowest BCUT2D eigenvalue weighted by molar-refractivity contribution is 0.320. The minimum atomic E-state index is -3.32. The normalized spacial score (nSPS) is 22.2. The summed E-state index contributed by atoms with van der Waals surface area (Å²) in [5, 5.41) is 5.08. The first-order valence-electron chi connectivity index (χ1n) is 5.86. The fraction of sp³-hybridized carbons (Fsp3) is 0.636. The Bertz CT molecular complexity index is 442. The van der Waals surface area contributed by atoms with E-state index in [1.807, 2.05) is 6.92 Å². The highest BCUT2D eigenvalue weighted by molar-refractivity contribution is 7.91. The van der Waals surface area contributed by atoms with Gasteiger partial charge in [-0.3, -0.25) is 0 Å². The Balaban J connectivity index is 0.00000162. The highest BCUT2D eigenvalue weighted by Gasteiger charge is 2.25. The minimum Gasteiger partial charge on any atom is -0.316 e. The van der Waals surface area contributed by atoms with E-state index < -0.39 is 10.0 Å². The molecule has 18 heavy (non-hydrogen) atoms.